The fourth-order valence-electron chi connectivity index (χ4n) is 2.99. The molecule has 1 N–H and O–H groups in total. The van der Waals surface area contributed by atoms with E-state index in [1.54, 1.807) is 12.3 Å². The van der Waals surface area contributed by atoms with Crippen molar-refractivity contribution in [2.45, 2.75) is 26.2 Å². The molecule has 1 saturated carbocycles. The van der Waals surface area contributed by atoms with Gasteiger partial charge in [-0.25, -0.2) is 9.69 Å². The van der Waals surface area contributed by atoms with Gasteiger partial charge in [0, 0.05) is 11.8 Å². The zero-order valence-corrected chi connectivity index (χ0v) is 11.2. The van der Waals surface area contributed by atoms with Gasteiger partial charge in [-0.15, -0.1) is 11.3 Å². The topological polar surface area (TPSA) is 74.7 Å². The highest BCUT2D eigenvalue weighted by atomic mass is 32.1. The smallest absolute Gasteiger partial charge is 0.348 e. The number of hydrogen-bond acceptors (Lipinski definition) is 4. The van der Waals surface area contributed by atoms with E-state index in [4.69, 9.17) is 0 Å². The molecule has 1 aromatic rings. The summed E-state index contributed by atoms with van der Waals surface area (Å²) in [6, 6.07) is 0. The molecule has 2 unspecified atom stereocenters. The number of carbonyl (C=O) groups is 3. The van der Waals surface area contributed by atoms with Gasteiger partial charge in [0.15, 0.2) is 0 Å². The number of hydrogen-bond donors (Lipinski definition) is 1. The van der Waals surface area contributed by atoms with Gasteiger partial charge < -0.3 is 5.11 Å². The van der Waals surface area contributed by atoms with Crippen molar-refractivity contribution in [3.8, 4) is 0 Å². The number of imide groups is 1. The molecule has 19 heavy (non-hydrogen) atoms. The van der Waals surface area contributed by atoms with Crippen LogP contribution in [0.15, 0.2) is 5.38 Å². The monoisotopic (exact) mass is 279 g/mol. The maximum atomic E-state index is 12.3. The fourth-order valence-corrected chi connectivity index (χ4v) is 3.86. The molecule has 0 radical (unpaired) electrons. The highest BCUT2D eigenvalue weighted by Gasteiger charge is 2.47. The van der Waals surface area contributed by atoms with Gasteiger partial charge in [0.2, 0.25) is 11.8 Å². The fraction of sp³-hybridized carbons (Fsp3) is 0.462. The van der Waals surface area contributed by atoms with Crippen LogP contribution in [0.2, 0.25) is 0 Å². The van der Waals surface area contributed by atoms with Crippen LogP contribution in [-0.4, -0.2) is 22.9 Å². The summed E-state index contributed by atoms with van der Waals surface area (Å²) in [6.45, 7) is 1.73. The van der Waals surface area contributed by atoms with E-state index < -0.39 is 5.97 Å². The minimum absolute atomic E-state index is 0.0699. The Bertz CT molecular complexity index is 569. The Balaban J connectivity index is 2.11. The Kier molecular flexibility index (Phi) is 2.70. The number of amides is 2. The van der Waals surface area contributed by atoms with Crippen molar-refractivity contribution in [3.05, 3.63) is 15.8 Å². The summed E-state index contributed by atoms with van der Waals surface area (Å²) >= 11 is 1.06. The summed E-state index contributed by atoms with van der Waals surface area (Å²) in [5.74, 6) is -1.80. The van der Waals surface area contributed by atoms with E-state index in [-0.39, 0.29) is 34.2 Å². The van der Waals surface area contributed by atoms with Gasteiger partial charge in [0.25, 0.3) is 0 Å². The van der Waals surface area contributed by atoms with E-state index in [0.717, 1.165) is 29.1 Å². The molecule has 1 aliphatic heterocycles. The zero-order chi connectivity index (χ0) is 13.7. The SMILES string of the molecule is Cc1csc(C(=O)O)c1N1C(=O)C2CCC(C2)C1=O. The Morgan fingerprint density at radius 1 is 1.32 bits per heavy atom. The molecule has 2 aliphatic rings. The average molecular weight is 279 g/mol. The first-order valence-electron chi connectivity index (χ1n) is 6.20. The minimum atomic E-state index is -1.09. The average Bonchev–Trinajstić information content (AvgIpc) is 2.94. The number of aryl methyl sites for hydroxylation is 1. The van der Waals surface area contributed by atoms with E-state index in [2.05, 4.69) is 0 Å². The van der Waals surface area contributed by atoms with Crippen LogP contribution in [0.25, 0.3) is 0 Å². The molecule has 6 heteroatoms. The standard InChI is InChI=1S/C13H13NO4S/c1-6-5-19-10(13(17)18)9(6)14-11(15)7-2-3-8(4-7)12(14)16/h5,7-8H,2-4H2,1H3,(H,17,18). The number of carboxylic acids is 1. The lowest BCUT2D eigenvalue weighted by Gasteiger charge is -2.30. The van der Waals surface area contributed by atoms with Crippen LogP contribution in [0.5, 0.6) is 0 Å². The summed E-state index contributed by atoms with van der Waals surface area (Å²) in [6.07, 6.45) is 2.09. The van der Waals surface area contributed by atoms with Gasteiger partial charge in [-0.1, -0.05) is 0 Å². The number of thiophene rings is 1. The van der Waals surface area contributed by atoms with Crippen LogP contribution in [-0.2, 0) is 9.59 Å². The molecule has 2 atom stereocenters. The third kappa shape index (κ3) is 1.70. The summed E-state index contributed by atoms with van der Waals surface area (Å²) in [7, 11) is 0. The molecule has 2 amide bonds. The van der Waals surface area contributed by atoms with Crippen molar-refractivity contribution < 1.29 is 19.5 Å². The first kappa shape index (κ1) is 12.3. The number of aromatic carboxylic acids is 1. The zero-order valence-electron chi connectivity index (χ0n) is 10.4. The Morgan fingerprint density at radius 2 is 1.89 bits per heavy atom. The summed E-state index contributed by atoms with van der Waals surface area (Å²) in [5.41, 5.74) is 0.953. The van der Waals surface area contributed by atoms with Crippen LogP contribution in [0, 0.1) is 18.8 Å². The van der Waals surface area contributed by atoms with Gasteiger partial charge in [-0.3, -0.25) is 9.59 Å². The van der Waals surface area contributed by atoms with Gasteiger partial charge >= 0.3 is 5.97 Å². The van der Waals surface area contributed by atoms with Crippen molar-refractivity contribution >= 4 is 34.8 Å². The number of piperidine rings is 1. The van der Waals surface area contributed by atoms with E-state index >= 15 is 0 Å². The van der Waals surface area contributed by atoms with Crippen molar-refractivity contribution in [3.63, 3.8) is 0 Å². The molecular formula is C13H13NO4S. The molecular weight excluding hydrogens is 266 g/mol. The molecule has 2 heterocycles. The Morgan fingerprint density at radius 3 is 2.42 bits per heavy atom. The number of carbonyl (C=O) groups excluding carboxylic acids is 2. The quantitative estimate of drug-likeness (QED) is 0.841. The molecule has 3 rings (SSSR count). The van der Waals surface area contributed by atoms with Gasteiger partial charge in [-0.2, -0.15) is 0 Å². The van der Waals surface area contributed by atoms with Crippen molar-refractivity contribution in [2.24, 2.45) is 11.8 Å². The van der Waals surface area contributed by atoms with E-state index in [9.17, 15) is 19.5 Å². The summed E-state index contributed by atoms with van der Waals surface area (Å²) in [5, 5.41) is 10.9. The summed E-state index contributed by atoms with van der Waals surface area (Å²) in [4.78, 5) is 37.1. The second kappa shape index (κ2) is 4.16. The normalized spacial score (nSPS) is 26.1. The number of nitrogens with zero attached hydrogens (tertiary/aromatic N) is 1. The lowest BCUT2D eigenvalue weighted by molar-refractivity contribution is -0.133. The Hall–Kier alpha value is -1.69. The lowest BCUT2D eigenvalue weighted by Crippen LogP contribution is -2.47. The number of rotatable bonds is 2. The lowest BCUT2D eigenvalue weighted by atomic mass is 9.96. The van der Waals surface area contributed by atoms with Crippen LogP contribution >= 0.6 is 11.3 Å². The molecule has 1 aromatic heterocycles. The van der Waals surface area contributed by atoms with Crippen molar-refractivity contribution in [2.75, 3.05) is 4.90 Å². The van der Waals surface area contributed by atoms with Crippen LogP contribution in [0.4, 0.5) is 5.69 Å². The molecule has 100 valence electrons. The first-order valence-corrected chi connectivity index (χ1v) is 7.08. The predicted octanol–water partition coefficient (Wildman–Crippen LogP) is 2.04. The maximum Gasteiger partial charge on any atom is 0.348 e. The van der Waals surface area contributed by atoms with E-state index in [0.29, 0.717) is 12.0 Å². The molecule has 0 spiro atoms. The molecule has 2 bridgehead atoms. The predicted molar refractivity (Wildman–Crippen MR) is 69.3 cm³/mol. The highest BCUT2D eigenvalue weighted by molar-refractivity contribution is 7.12. The minimum Gasteiger partial charge on any atom is -0.477 e. The first-order chi connectivity index (χ1) is 9.00. The molecule has 1 saturated heterocycles. The van der Waals surface area contributed by atoms with Crippen LogP contribution in [0.3, 0.4) is 0 Å². The van der Waals surface area contributed by atoms with E-state index in [1.165, 1.54) is 0 Å². The van der Waals surface area contributed by atoms with Crippen LogP contribution < -0.4 is 4.90 Å². The molecule has 1 aliphatic carbocycles. The highest BCUT2D eigenvalue weighted by Crippen LogP contribution is 2.42. The number of fused-ring (bicyclic) bond motifs is 2. The second-order valence-corrected chi connectivity index (χ2v) is 6.00. The molecule has 2 fully saturated rings. The maximum absolute atomic E-state index is 12.3. The largest absolute Gasteiger partial charge is 0.477 e. The Labute approximate surface area is 113 Å². The van der Waals surface area contributed by atoms with E-state index in [1.807, 2.05) is 0 Å². The number of carboxylic acid groups (broad SMARTS) is 1. The van der Waals surface area contributed by atoms with Crippen molar-refractivity contribution in [1.29, 1.82) is 0 Å². The molecule has 5 nitrogen and oxygen atoms in total. The number of anilines is 1. The van der Waals surface area contributed by atoms with Gasteiger partial charge in [0.05, 0.1) is 5.69 Å². The van der Waals surface area contributed by atoms with Crippen molar-refractivity contribution in [1.82, 2.24) is 0 Å². The van der Waals surface area contributed by atoms with Gasteiger partial charge in [0.1, 0.15) is 4.88 Å². The molecule has 0 aromatic carbocycles. The third-order valence-corrected chi connectivity index (χ3v) is 5.01. The second-order valence-electron chi connectivity index (χ2n) is 5.12. The third-order valence-electron chi connectivity index (χ3n) is 3.93. The van der Waals surface area contributed by atoms with Crippen LogP contribution in [0.1, 0.15) is 34.5 Å². The van der Waals surface area contributed by atoms with Gasteiger partial charge in [-0.05, 0) is 37.1 Å². The summed E-state index contributed by atoms with van der Waals surface area (Å²) < 4.78 is 0.